The van der Waals surface area contributed by atoms with Gasteiger partial charge in [0.1, 0.15) is 5.75 Å². The van der Waals surface area contributed by atoms with Crippen molar-refractivity contribution in [3.63, 3.8) is 0 Å². The molecule has 0 aliphatic heterocycles. The molecule has 1 aromatic rings. The van der Waals surface area contributed by atoms with Gasteiger partial charge in [-0.15, -0.1) is 0 Å². The Morgan fingerprint density at radius 1 is 1.11 bits per heavy atom. The molecule has 2 aliphatic rings. The van der Waals surface area contributed by atoms with Gasteiger partial charge in [-0.05, 0) is 55.9 Å². The summed E-state index contributed by atoms with van der Waals surface area (Å²) in [5.41, 5.74) is 0.844. The van der Waals surface area contributed by atoms with Crippen LogP contribution in [0.25, 0.3) is 0 Å². The number of rotatable bonds is 4. The summed E-state index contributed by atoms with van der Waals surface area (Å²) in [4.78, 5) is 12.4. The maximum absolute atomic E-state index is 12.4. The molecule has 0 heterocycles. The molecule has 2 aliphatic carbocycles. The average molecular weight is 244 g/mol. The van der Waals surface area contributed by atoms with Crippen LogP contribution in [0.3, 0.4) is 0 Å². The van der Waals surface area contributed by atoms with Crippen molar-refractivity contribution in [3.05, 3.63) is 29.8 Å². The minimum Gasteiger partial charge on any atom is -0.490 e. The van der Waals surface area contributed by atoms with E-state index in [1.807, 2.05) is 24.3 Å². The maximum Gasteiger partial charge on any atom is 0.166 e. The van der Waals surface area contributed by atoms with Crippen LogP contribution in [0.1, 0.15) is 49.4 Å². The molecule has 18 heavy (non-hydrogen) atoms. The van der Waals surface area contributed by atoms with Crippen LogP contribution in [0.4, 0.5) is 0 Å². The Morgan fingerprint density at radius 3 is 2.39 bits per heavy atom. The summed E-state index contributed by atoms with van der Waals surface area (Å²) in [6.45, 7) is 2.19. The summed E-state index contributed by atoms with van der Waals surface area (Å²) in [6.07, 6.45) is 6.20. The molecule has 0 radical (unpaired) electrons. The fourth-order valence-corrected chi connectivity index (χ4v) is 2.83. The zero-order valence-electron chi connectivity index (χ0n) is 10.9. The molecule has 3 rings (SSSR count). The normalized spacial score (nSPS) is 27.2. The first-order valence-corrected chi connectivity index (χ1v) is 7.05. The topological polar surface area (TPSA) is 26.3 Å². The number of carbonyl (C=O) groups is 1. The first kappa shape index (κ1) is 11.8. The largest absolute Gasteiger partial charge is 0.490 e. The zero-order valence-corrected chi connectivity index (χ0v) is 10.9. The van der Waals surface area contributed by atoms with E-state index in [0.29, 0.717) is 17.8 Å². The number of Topliss-reactive ketones (excluding diaryl/α,β-unsaturated/α-hetero) is 1. The molecule has 0 aromatic heterocycles. The van der Waals surface area contributed by atoms with Crippen LogP contribution < -0.4 is 4.74 Å². The van der Waals surface area contributed by atoms with Crippen molar-refractivity contribution in [1.82, 2.24) is 0 Å². The minimum atomic E-state index is 0.236. The van der Waals surface area contributed by atoms with E-state index >= 15 is 0 Å². The monoisotopic (exact) mass is 244 g/mol. The van der Waals surface area contributed by atoms with E-state index in [1.54, 1.807) is 0 Å². The molecule has 0 N–H and O–H groups in total. The highest BCUT2D eigenvalue weighted by Gasteiger charge is 2.30. The second-order valence-electron chi connectivity index (χ2n) is 5.72. The van der Waals surface area contributed by atoms with Gasteiger partial charge < -0.3 is 4.74 Å². The Morgan fingerprint density at radius 2 is 1.83 bits per heavy atom. The van der Waals surface area contributed by atoms with E-state index in [1.165, 1.54) is 25.7 Å². The van der Waals surface area contributed by atoms with Gasteiger partial charge in [0.15, 0.2) is 5.78 Å². The molecule has 2 fully saturated rings. The highest BCUT2D eigenvalue weighted by molar-refractivity contribution is 5.98. The van der Waals surface area contributed by atoms with Crippen LogP contribution in [-0.2, 0) is 0 Å². The van der Waals surface area contributed by atoms with Gasteiger partial charge in [-0.3, -0.25) is 4.79 Å². The van der Waals surface area contributed by atoms with Crippen molar-refractivity contribution in [2.24, 2.45) is 11.8 Å². The Labute approximate surface area is 108 Å². The molecule has 0 amide bonds. The average Bonchev–Trinajstić information content (AvgIpc) is 3.09. The molecule has 2 nitrogen and oxygen atoms in total. The van der Waals surface area contributed by atoms with E-state index in [0.717, 1.165) is 17.7 Å². The first-order valence-electron chi connectivity index (χ1n) is 7.05. The summed E-state index contributed by atoms with van der Waals surface area (Å²) >= 11 is 0. The second kappa shape index (κ2) is 4.75. The van der Waals surface area contributed by atoms with Crippen LogP contribution in [-0.4, -0.2) is 11.9 Å². The maximum atomic E-state index is 12.4. The third-order valence-electron chi connectivity index (χ3n) is 4.16. The van der Waals surface area contributed by atoms with Crippen LogP contribution >= 0.6 is 0 Å². The summed E-state index contributed by atoms with van der Waals surface area (Å²) in [7, 11) is 0. The van der Waals surface area contributed by atoms with E-state index in [4.69, 9.17) is 4.74 Å². The summed E-state index contributed by atoms with van der Waals surface area (Å²) in [5.74, 6) is 1.99. The third kappa shape index (κ3) is 2.43. The lowest BCUT2D eigenvalue weighted by Gasteiger charge is -2.14. The number of hydrogen-bond acceptors (Lipinski definition) is 2. The Hall–Kier alpha value is -1.31. The molecule has 2 unspecified atom stereocenters. The van der Waals surface area contributed by atoms with Crippen molar-refractivity contribution in [2.45, 2.75) is 45.1 Å². The molecule has 1 aromatic carbocycles. The molecular formula is C16H20O2. The van der Waals surface area contributed by atoms with Crippen LogP contribution in [0, 0.1) is 11.8 Å². The van der Waals surface area contributed by atoms with Crippen molar-refractivity contribution < 1.29 is 9.53 Å². The van der Waals surface area contributed by atoms with Gasteiger partial charge in [-0.25, -0.2) is 0 Å². The van der Waals surface area contributed by atoms with E-state index in [2.05, 4.69) is 6.92 Å². The van der Waals surface area contributed by atoms with E-state index < -0.39 is 0 Å². The van der Waals surface area contributed by atoms with Gasteiger partial charge >= 0.3 is 0 Å². The number of ether oxygens (including phenoxy) is 1. The SMILES string of the molecule is CC1CCCC1C(=O)c1ccc(OC2CC2)cc1. The van der Waals surface area contributed by atoms with Crippen molar-refractivity contribution in [2.75, 3.05) is 0 Å². The highest BCUT2D eigenvalue weighted by atomic mass is 16.5. The lowest BCUT2D eigenvalue weighted by atomic mass is 9.90. The van der Waals surface area contributed by atoms with Crippen molar-refractivity contribution in [1.29, 1.82) is 0 Å². The Kier molecular flexibility index (Phi) is 3.11. The molecule has 2 atom stereocenters. The molecule has 0 saturated heterocycles. The number of ketones is 1. The molecule has 0 spiro atoms. The van der Waals surface area contributed by atoms with Gasteiger partial charge in [-0.2, -0.15) is 0 Å². The standard InChI is InChI=1S/C16H20O2/c1-11-3-2-4-15(11)16(17)12-5-7-13(8-6-12)18-14-9-10-14/h5-8,11,14-15H,2-4,9-10H2,1H3. The third-order valence-corrected chi connectivity index (χ3v) is 4.16. The zero-order chi connectivity index (χ0) is 12.5. The van der Waals surface area contributed by atoms with Gasteiger partial charge in [-0.1, -0.05) is 13.3 Å². The molecular weight excluding hydrogens is 224 g/mol. The molecule has 0 bridgehead atoms. The fraction of sp³-hybridized carbons (Fsp3) is 0.562. The number of hydrogen-bond donors (Lipinski definition) is 0. The van der Waals surface area contributed by atoms with Gasteiger partial charge in [0.25, 0.3) is 0 Å². The van der Waals surface area contributed by atoms with Crippen LogP contribution in [0.15, 0.2) is 24.3 Å². The summed E-state index contributed by atoms with van der Waals surface area (Å²) in [5, 5.41) is 0. The quantitative estimate of drug-likeness (QED) is 0.752. The minimum absolute atomic E-state index is 0.236. The summed E-state index contributed by atoms with van der Waals surface area (Å²) < 4.78 is 5.70. The smallest absolute Gasteiger partial charge is 0.166 e. The van der Waals surface area contributed by atoms with Crippen LogP contribution in [0.5, 0.6) is 5.75 Å². The lowest BCUT2D eigenvalue weighted by molar-refractivity contribution is 0.0897. The Balaban J connectivity index is 1.69. The second-order valence-corrected chi connectivity index (χ2v) is 5.72. The highest BCUT2D eigenvalue weighted by Crippen LogP contribution is 2.34. The van der Waals surface area contributed by atoms with Gasteiger partial charge in [0.05, 0.1) is 6.10 Å². The van der Waals surface area contributed by atoms with Crippen LogP contribution in [0.2, 0.25) is 0 Å². The van der Waals surface area contributed by atoms with Crippen molar-refractivity contribution >= 4 is 5.78 Å². The summed E-state index contributed by atoms with van der Waals surface area (Å²) in [6, 6.07) is 7.71. The van der Waals surface area contributed by atoms with Gasteiger partial charge in [0.2, 0.25) is 0 Å². The lowest BCUT2D eigenvalue weighted by Crippen LogP contribution is -2.17. The molecule has 2 saturated carbocycles. The fourth-order valence-electron chi connectivity index (χ4n) is 2.83. The first-order chi connectivity index (χ1) is 8.74. The predicted molar refractivity (Wildman–Crippen MR) is 70.9 cm³/mol. The van der Waals surface area contributed by atoms with E-state index in [-0.39, 0.29) is 5.92 Å². The number of carbonyl (C=O) groups excluding carboxylic acids is 1. The molecule has 2 heteroatoms. The number of benzene rings is 1. The van der Waals surface area contributed by atoms with Gasteiger partial charge in [0, 0.05) is 11.5 Å². The molecule has 96 valence electrons. The predicted octanol–water partition coefficient (Wildman–Crippen LogP) is 3.85. The van der Waals surface area contributed by atoms with E-state index in [9.17, 15) is 4.79 Å². The van der Waals surface area contributed by atoms with Crippen molar-refractivity contribution in [3.8, 4) is 5.75 Å². The Bertz CT molecular complexity index is 431.